The molecule has 2 rings (SSSR count). The van der Waals surface area contributed by atoms with E-state index in [0.717, 1.165) is 19.6 Å². The summed E-state index contributed by atoms with van der Waals surface area (Å²) in [7, 11) is 0. The lowest BCUT2D eigenvalue weighted by atomic mass is 10.3. The molecule has 1 saturated heterocycles. The summed E-state index contributed by atoms with van der Waals surface area (Å²) in [4.78, 5) is 13.9. The van der Waals surface area contributed by atoms with Crippen molar-refractivity contribution in [2.24, 2.45) is 0 Å². The average Bonchev–Trinajstić information content (AvgIpc) is 2.77. The van der Waals surface area contributed by atoms with Crippen LogP contribution in [0.1, 0.15) is 10.4 Å². The van der Waals surface area contributed by atoms with Crippen LogP contribution in [0.4, 0.5) is 0 Å². The molecule has 0 aromatic carbocycles. The van der Waals surface area contributed by atoms with Crippen LogP contribution in [-0.2, 0) is 4.74 Å². The molecule has 0 bridgehead atoms. The van der Waals surface area contributed by atoms with Gasteiger partial charge in [-0.25, -0.2) is 4.79 Å². The molecular formula is C11H14BrNO3S. The lowest BCUT2D eigenvalue weighted by molar-refractivity contribution is 0.0465. The zero-order valence-corrected chi connectivity index (χ0v) is 11.8. The summed E-state index contributed by atoms with van der Waals surface area (Å²) in [5.74, 6) is 2.01. The van der Waals surface area contributed by atoms with Crippen LogP contribution in [0.25, 0.3) is 0 Å². The van der Waals surface area contributed by atoms with E-state index in [0.29, 0.717) is 16.8 Å². The van der Waals surface area contributed by atoms with Crippen LogP contribution >= 0.6 is 27.7 Å². The van der Waals surface area contributed by atoms with E-state index in [1.165, 1.54) is 17.8 Å². The predicted octanol–water partition coefficient (Wildman–Crippen LogP) is 2.25. The molecule has 2 heterocycles. The van der Waals surface area contributed by atoms with Gasteiger partial charge in [0.1, 0.15) is 12.9 Å². The van der Waals surface area contributed by atoms with Crippen molar-refractivity contribution in [3.05, 3.63) is 22.6 Å². The third kappa shape index (κ3) is 4.04. The summed E-state index contributed by atoms with van der Waals surface area (Å²) < 4.78 is 10.7. The maximum atomic E-state index is 11.6. The molecule has 0 radical (unpaired) electrons. The molecule has 1 aliphatic heterocycles. The van der Waals surface area contributed by atoms with E-state index in [2.05, 4.69) is 20.8 Å². The van der Waals surface area contributed by atoms with Crippen LogP contribution in [0.3, 0.4) is 0 Å². The number of hydrogen-bond donors (Lipinski definition) is 0. The Hall–Kier alpha value is -0.460. The van der Waals surface area contributed by atoms with E-state index in [9.17, 15) is 4.79 Å². The number of esters is 1. The van der Waals surface area contributed by atoms with Crippen molar-refractivity contribution >= 4 is 33.7 Å². The van der Waals surface area contributed by atoms with Gasteiger partial charge in [0.2, 0.25) is 0 Å². The molecule has 0 atom stereocenters. The summed E-state index contributed by atoms with van der Waals surface area (Å²) in [5, 5.41) is 0. The molecule has 17 heavy (non-hydrogen) atoms. The molecule has 4 nitrogen and oxygen atoms in total. The first-order valence-corrected chi connectivity index (χ1v) is 7.42. The minimum absolute atomic E-state index is 0.328. The van der Waals surface area contributed by atoms with Gasteiger partial charge in [-0.3, -0.25) is 4.90 Å². The Morgan fingerprint density at radius 1 is 1.53 bits per heavy atom. The Morgan fingerprint density at radius 3 is 2.94 bits per heavy atom. The van der Waals surface area contributed by atoms with Crippen LogP contribution < -0.4 is 0 Å². The largest absolute Gasteiger partial charge is 0.461 e. The van der Waals surface area contributed by atoms with E-state index >= 15 is 0 Å². The SMILES string of the molecule is O=C(OCCN1CCSCC1)c1coc(Br)c1. The number of hydrogen-bond acceptors (Lipinski definition) is 5. The molecule has 0 spiro atoms. The standard InChI is InChI=1S/C11H14BrNO3S/c12-10-7-9(8-16-10)11(14)15-4-1-13-2-5-17-6-3-13/h7-8H,1-6H2. The van der Waals surface area contributed by atoms with Crippen LogP contribution in [-0.4, -0.2) is 48.6 Å². The van der Waals surface area contributed by atoms with Gasteiger partial charge in [-0.15, -0.1) is 0 Å². The molecule has 6 heteroatoms. The van der Waals surface area contributed by atoms with Crippen molar-refractivity contribution in [1.29, 1.82) is 0 Å². The minimum atomic E-state index is -0.328. The highest BCUT2D eigenvalue weighted by molar-refractivity contribution is 9.10. The Labute approximate surface area is 113 Å². The van der Waals surface area contributed by atoms with Crippen LogP contribution in [0.15, 0.2) is 21.4 Å². The number of ether oxygens (including phenoxy) is 1. The van der Waals surface area contributed by atoms with Gasteiger partial charge >= 0.3 is 5.97 Å². The van der Waals surface area contributed by atoms with E-state index in [1.807, 2.05) is 11.8 Å². The normalized spacial score (nSPS) is 17.0. The zero-order chi connectivity index (χ0) is 12.1. The van der Waals surface area contributed by atoms with E-state index in [-0.39, 0.29) is 5.97 Å². The molecule has 1 aromatic heterocycles. The van der Waals surface area contributed by atoms with Gasteiger partial charge in [-0.05, 0) is 15.9 Å². The van der Waals surface area contributed by atoms with Crippen molar-refractivity contribution in [2.75, 3.05) is 37.7 Å². The van der Waals surface area contributed by atoms with Crippen LogP contribution in [0, 0.1) is 0 Å². The molecule has 0 aliphatic carbocycles. The topological polar surface area (TPSA) is 42.7 Å². The first-order chi connectivity index (χ1) is 8.25. The molecule has 1 aliphatic rings. The van der Waals surface area contributed by atoms with Gasteiger partial charge in [0.05, 0.1) is 5.56 Å². The number of thioether (sulfide) groups is 1. The van der Waals surface area contributed by atoms with Gasteiger partial charge in [0.15, 0.2) is 4.67 Å². The average molecular weight is 320 g/mol. The lowest BCUT2D eigenvalue weighted by Gasteiger charge is -2.25. The van der Waals surface area contributed by atoms with Crippen molar-refractivity contribution in [3.8, 4) is 0 Å². The fraction of sp³-hybridized carbons (Fsp3) is 0.545. The highest BCUT2D eigenvalue weighted by Gasteiger charge is 2.13. The third-order valence-corrected chi connectivity index (χ3v) is 3.91. The lowest BCUT2D eigenvalue weighted by Crippen LogP contribution is -2.35. The van der Waals surface area contributed by atoms with E-state index < -0.39 is 0 Å². The van der Waals surface area contributed by atoms with Gasteiger partial charge < -0.3 is 9.15 Å². The van der Waals surface area contributed by atoms with Gasteiger partial charge in [-0.2, -0.15) is 11.8 Å². The summed E-state index contributed by atoms with van der Waals surface area (Å²) in [6.07, 6.45) is 1.39. The maximum Gasteiger partial charge on any atom is 0.341 e. The fourth-order valence-corrected chi connectivity index (χ4v) is 2.91. The highest BCUT2D eigenvalue weighted by Crippen LogP contribution is 2.15. The van der Waals surface area contributed by atoms with Crippen LogP contribution in [0.2, 0.25) is 0 Å². The molecule has 1 aromatic rings. The molecule has 0 N–H and O–H groups in total. The minimum Gasteiger partial charge on any atom is -0.461 e. The summed E-state index contributed by atoms with van der Waals surface area (Å²) in [6.45, 7) is 3.41. The molecule has 0 unspecified atom stereocenters. The third-order valence-electron chi connectivity index (χ3n) is 2.55. The monoisotopic (exact) mass is 319 g/mol. The van der Waals surface area contributed by atoms with Gasteiger partial charge in [0.25, 0.3) is 0 Å². The van der Waals surface area contributed by atoms with Gasteiger partial charge in [0, 0.05) is 37.2 Å². The number of furan rings is 1. The van der Waals surface area contributed by atoms with E-state index in [1.54, 1.807) is 6.07 Å². The Morgan fingerprint density at radius 2 is 2.29 bits per heavy atom. The quantitative estimate of drug-likeness (QED) is 0.796. The molecule has 0 amide bonds. The number of carbonyl (C=O) groups is 1. The second-order valence-corrected chi connectivity index (χ2v) is 5.74. The zero-order valence-electron chi connectivity index (χ0n) is 9.36. The fourth-order valence-electron chi connectivity index (χ4n) is 1.59. The Kier molecular flexibility index (Phi) is 4.94. The van der Waals surface area contributed by atoms with Crippen molar-refractivity contribution < 1.29 is 13.9 Å². The molecule has 94 valence electrons. The smallest absolute Gasteiger partial charge is 0.341 e. The second-order valence-electron chi connectivity index (χ2n) is 3.73. The number of nitrogens with zero attached hydrogens (tertiary/aromatic N) is 1. The summed E-state index contributed by atoms with van der Waals surface area (Å²) in [5.41, 5.74) is 0.450. The first-order valence-electron chi connectivity index (χ1n) is 5.47. The predicted molar refractivity (Wildman–Crippen MR) is 70.5 cm³/mol. The molecule has 1 fully saturated rings. The number of carbonyl (C=O) groups excluding carboxylic acids is 1. The number of halogens is 1. The van der Waals surface area contributed by atoms with Gasteiger partial charge in [-0.1, -0.05) is 0 Å². The number of rotatable bonds is 4. The Bertz CT molecular complexity index is 377. The van der Waals surface area contributed by atoms with Crippen molar-refractivity contribution in [1.82, 2.24) is 4.90 Å². The summed E-state index contributed by atoms with van der Waals surface area (Å²) >= 11 is 5.12. The Balaban J connectivity index is 1.69. The van der Waals surface area contributed by atoms with Crippen molar-refractivity contribution in [3.63, 3.8) is 0 Å². The van der Waals surface area contributed by atoms with E-state index in [4.69, 9.17) is 9.15 Å². The molecular weight excluding hydrogens is 306 g/mol. The second kappa shape index (κ2) is 6.47. The highest BCUT2D eigenvalue weighted by atomic mass is 79.9. The summed E-state index contributed by atoms with van der Waals surface area (Å²) in [6, 6.07) is 1.61. The maximum absolute atomic E-state index is 11.6. The molecule has 0 saturated carbocycles. The first kappa shape index (κ1) is 13.0. The van der Waals surface area contributed by atoms with Crippen molar-refractivity contribution in [2.45, 2.75) is 0 Å². The van der Waals surface area contributed by atoms with Crippen LogP contribution in [0.5, 0.6) is 0 Å².